The average Bonchev–Trinajstić information content (AvgIpc) is 2.41. The predicted octanol–water partition coefficient (Wildman–Crippen LogP) is 2.63. The number of likely N-dealkylation sites (N-methyl/N-ethyl adjacent to an activating group) is 1. The molecule has 1 rings (SSSR count). The molecule has 0 aliphatic carbocycles. The van der Waals surface area contributed by atoms with Crippen LogP contribution in [0.4, 0.5) is 0 Å². The summed E-state index contributed by atoms with van der Waals surface area (Å²) in [7, 11) is 1.88. The van der Waals surface area contributed by atoms with Crippen LogP contribution in [0.5, 0.6) is 11.5 Å². The van der Waals surface area contributed by atoms with Crippen LogP contribution in [0, 0.1) is 5.41 Å². The van der Waals surface area contributed by atoms with E-state index in [1.54, 1.807) is 24.3 Å². The SMILES string of the molecule is CCC(C)(C)C(=O)Oc1ccc(OCCNC)cc1. The fraction of sp³-hybridized carbons (Fsp3) is 0.533. The highest BCUT2D eigenvalue weighted by atomic mass is 16.5. The quantitative estimate of drug-likeness (QED) is 0.468. The fourth-order valence-electron chi connectivity index (χ4n) is 1.26. The van der Waals surface area contributed by atoms with E-state index in [2.05, 4.69) is 5.32 Å². The van der Waals surface area contributed by atoms with E-state index in [1.807, 2.05) is 27.8 Å². The van der Waals surface area contributed by atoms with Crippen LogP contribution in [0.3, 0.4) is 0 Å². The Morgan fingerprint density at radius 3 is 2.32 bits per heavy atom. The summed E-state index contributed by atoms with van der Waals surface area (Å²) < 4.78 is 10.8. The largest absolute Gasteiger partial charge is 0.492 e. The van der Waals surface area contributed by atoms with E-state index >= 15 is 0 Å². The molecule has 0 aliphatic heterocycles. The molecule has 4 nitrogen and oxygen atoms in total. The van der Waals surface area contributed by atoms with E-state index in [1.165, 1.54) is 0 Å². The van der Waals surface area contributed by atoms with Gasteiger partial charge in [-0.1, -0.05) is 6.92 Å². The number of hydrogen-bond acceptors (Lipinski definition) is 4. The number of carbonyl (C=O) groups is 1. The molecule has 1 aromatic carbocycles. The Morgan fingerprint density at radius 2 is 1.79 bits per heavy atom. The molecule has 0 heterocycles. The lowest BCUT2D eigenvalue weighted by molar-refractivity contribution is -0.144. The lowest BCUT2D eigenvalue weighted by atomic mass is 9.91. The molecule has 0 amide bonds. The van der Waals surface area contributed by atoms with Gasteiger partial charge in [0.15, 0.2) is 0 Å². The van der Waals surface area contributed by atoms with Gasteiger partial charge in [-0.2, -0.15) is 0 Å². The molecule has 19 heavy (non-hydrogen) atoms. The minimum Gasteiger partial charge on any atom is -0.492 e. The maximum absolute atomic E-state index is 11.9. The molecule has 0 fully saturated rings. The minimum atomic E-state index is -0.456. The third-order valence-electron chi connectivity index (χ3n) is 3.09. The van der Waals surface area contributed by atoms with Crippen LogP contribution in [0.2, 0.25) is 0 Å². The van der Waals surface area contributed by atoms with Crippen molar-refractivity contribution in [2.24, 2.45) is 5.41 Å². The predicted molar refractivity (Wildman–Crippen MR) is 75.6 cm³/mol. The molecule has 0 bridgehead atoms. The number of benzene rings is 1. The van der Waals surface area contributed by atoms with Gasteiger partial charge in [0.2, 0.25) is 0 Å². The highest BCUT2D eigenvalue weighted by molar-refractivity contribution is 5.78. The Morgan fingerprint density at radius 1 is 1.21 bits per heavy atom. The van der Waals surface area contributed by atoms with Gasteiger partial charge in [-0.25, -0.2) is 0 Å². The molecule has 0 unspecified atom stereocenters. The first kappa shape index (κ1) is 15.5. The van der Waals surface area contributed by atoms with Crippen LogP contribution in [0.25, 0.3) is 0 Å². The number of ether oxygens (including phenoxy) is 2. The molecular formula is C15H23NO3. The smallest absolute Gasteiger partial charge is 0.316 e. The van der Waals surface area contributed by atoms with Crippen LogP contribution in [-0.2, 0) is 4.79 Å². The summed E-state index contributed by atoms with van der Waals surface area (Å²) in [5, 5.41) is 3.00. The molecular weight excluding hydrogens is 242 g/mol. The van der Waals surface area contributed by atoms with Crippen LogP contribution in [-0.4, -0.2) is 26.2 Å². The standard InChI is InChI=1S/C15H23NO3/c1-5-15(2,3)14(17)19-13-8-6-12(7-9-13)18-11-10-16-4/h6-9,16H,5,10-11H2,1-4H3. The van der Waals surface area contributed by atoms with Crippen LogP contribution in [0.15, 0.2) is 24.3 Å². The molecule has 4 heteroatoms. The molecule has 0 saturated heterocycles. The molecule has 0 saturated carbocycles. The number of esters is 1. The zero-order chi connectivity index (χ0) is 14.3. The van der Waals surface area contributed by atoms with Crippen molar-refractivity contribution in [3.63, 3.8) is 0 Å². The van der Waals surface area contributed by atoms with Crippen molar-refractivity contribution in [2.45, 2.75) is 27.2 Å². The van der Waals surface area contributed by atoms with E-state index in [0.717, 1.165) is 18.7 Å². The van der Waals surface area contributed by atoms with Gasteiger partial charge >= 0.3 is 5.97 Å². The van der Waals surface area contributed by atoms with Gasteiger partial charge in [0, 0.05) is 6.54 Å². The third kappa shape index (κ3) is 4.91. The highest BCUT2D eigenvalue weighted by Gasteiger charge is 2.27. The Balaban J connectivity index is 2.55. The van der Waals surface area contributed by atoms with E-state index < -0.39 is 5.41 Å². The third-order valence-corrected chi connectivity index (χ3v) is 3.09. The zero-order valence-electron chi connectivity index (χ0n) is 12.2. The molecule has 1 aromatic rings. The maximum Gasteiger partial charge on any atom is 0.316 e. The van der Waals surface area contributed by atoms with Gasteiger partial charge in [0.1, 0.15) is 18.1 Å². The van der Waals surface area contributed by atoms with E-state index in [0.29, 0.717) is 12.4 Å². The summed E-state index contributed by atoms with van der Waals surface area (Å²) in [6, 6.07) is 7.10. The van der Waals surface area contributed by atoms with Gasteiger partial charge in [-0.3, -0.25) is 4.79 Å². The first-order valence-electron chi connectivity index (χ1n) is 6.59. The minimum absolute atomic E-state index is 0.209. The van der Waals surface area contributed by atoms with Crippen molar-refractivity contribution < 1.29 is 14.3 Å². The van der Waals surface area contributed by atoms with Gasteiger partial charge in [-0.05, 0) is 51.6 Å². The Bertz CT molecular complexity index is 398. The number of hydrogen-bond donors (Lipinski definition) is 1. The molecule has 0 aromatic heterocycles. The number of rotatable bonds is 7. The van der Waals surface area contributed by atoms with Crippen molar-refractivity contribution in [3.8, 4) is 11.5 Å². The lowest BCUT2D eigenvalue weighted by Gasteiger charge is -2.20. The second-order valence-corrected chi connectivity index (χ2v) is 5.05. The fourth-order valence-corrected chi connectivity index (χ4v) is 1.26. The molecule has 0 spiro atoms. The first-order valence-corrected chi connectivity index (χ1v) is 6.59. The lowest BCUT2D eigenvalue weighted by Crippen LogP contribution is -2.28. The van der Waals surface area contributed by atoms with E-state index in [9.17, 15) is 4.79 Å². The second-order valence-electron chi connectivity index (χ2n) is 5.05. The van der Waals surface area contributed by atoms with Crippen molar-refractivity contribution in [1.29, 1.82) is 0 Å². The normalized spacial score (nSPS) is 11.2. The second kappa shape index (κ2) is 7.14. The number of carbonyl (C=O) groups excluding carboxylic acids is 1. The molecule has 1 N–H and O–H groups in total. The molecule has 0 aliphatic rings. The Kier molecular flexibility index (Phi) is 5.83. The van der Waals surface area contributed by atoms with Crippen molar-refractivity contribution in [1.82, 2.24) is 5.32 Å². The first-order chi connectivity index (χ1) is 8.99. The summed E-state index contributed by atoms with van der Waals surface area (Å²) in [4.78, 5) is 11.9. The highest BCUT2D eigenvalue weighted by Crippen LogP contribution is 2.24. The van der Waals surface area contributed by atoms with Crippen molar-refractivity contribution >= 4 is 5.97 Å². The van der Waals surface area contributed by atoms with Crippen LogP contribution < -0.4 is 14.8 Å². The summed E-state index contributed by atoms with van der Waals surface area (Å²) in [5.74, 6) is 1.11. The van der Waals surface area contributed by atoms with Crippen LogP contribution in [0.1, 0.15) is 27.2 Å². The summed E-state index contributed by atoms with van der Waals surface area (Å²) in [6.07, 6.45) is 0.747. The number of nitrogens with one attached hydrogen (secondary N) is 1. The van der Waals surface area contributed by atoms with Crippen LogP contribution >= 0.6 is 0 Å². The summed E-state index contributed by atoms with van der Waals surface area (Å²) in [5.41, 5.74) is -0.456. The van der Waals surface area contributed by atoms with E-state index in [4.69, 9.17) is 9.47 Å². The average molecular weight is 265 g/mol. The molecule has 0 atom stereocenters. The zero-order valence-corrected chi connectivity index (χ0v) is 12.2. The van der Waals surface area contributed by atoms with Gasteiger partial charge in [0.05, 0.1) is 5.41 Å². The monoisotopic (exact) mass is 265 g/mol. The van der Waals surface area contributed by atoms with Crippen molar-refractivity contribution in [2.75, 3.05) is 20.2 Å². The molecule has 106 valence electrons. The molecule has 0 radical (unpaired) electrons. The van der Waals surface area contributed by atoms with Gasteiger partial charge in [0.25, 0.3) is 0 Å². The summed E-state index contributed by atoms with van der Waals surface area (Å²) >= 11 is 0. The Labute approximate surface area is 115 Å². The maximum atomic E-state index is 11.9. The van der Waals surface area contributed by atoms with Gasteiger partial charge < -0.3 is 14.8 Å². The summed E-state index contributed by atoms with van der Waals surface area (Å²) in [6.45, 7) is 7.13. The Hall–Kier alpha value is -1.55. The van der Waals surface area contributed by atoms with E-state index in [-0.39, 0.29) is 5.97 Å². The van der Waals surface area contributed by atoms with Gasteiger partial charge in [-0.15, -0.1) is 0 Å². The topological polar surface area (TPSA) is 47.6 Å². The van der Waals surface area contributed by atoms with Crippen molar-refractivity contribution in [3.05, 3.63) is 24.3 Å².